The zero-order valence-corrected chi connectivity index (χ0v) is 8.62. The monoisotopic (exact) mass is 294 g/mol. The van der Waals surface area contributed by atoms with E-state index < -0.39 is 15.0 Å². The highest BCUT2D eigenvalue weighted by Crippen LogP contribution is 2.24. The Hall–Kier alpha value is 0.190. The molecule has 7 heteroatoms. The third-order valence-electron chi connectivity index (χ3n) is 0.619. The molecule has 0 aliphatic rings. The van der Waals surface area contributed by atoms with E-state index in [1.807, 2.05) is 0 Å². The van der Waals surface area contributed by atoms with Crippen LogP contribution < -0.4 is 11.5 Å². The lowest BCUT2D eigenvalue weighted by atomic mass is 10.4. The summed E-state index contributed by atoms with van der Waals surface area (Å²) in [6.07, 6.45) is 0. The van der Waals surface area contributed by atoms with Gasteiger partial charge in [-0.25, -0.2) is 0 Å². The van der Waals surface area contributed by atoms with Crippen molar-refractivity contribution in [1.82, 2.24) is 0 Å². The molecule has 4 nitrogen and oxygen atoms in total. The van der Waals surface area contributed by atoms with E-state index in [-0.39, 0.29) is 12.4 Å². The van der Waals surface area contributed by atoms with Crippen molar-refractivity contribution in [3.63, 3.8) is 0 Å². The molecule has 0 aromatic carbocycles. The molecule has 0 bridgehead atoms. The van der Waals surface area contributed by atoms with Crippen LogP contribution >= 0.6 is 44.3 Å². The number of primary amides is 2. The molecule has 0 aromatic rings. The summed E-state index contributed by atoms with van der Waals surface area (Å²) >= 11 is 5.36. The van der Waals surface area contributed by atoms with Crippen LogP contribution in [0, 0.1) is 0 Å². The van der Waals surface area contributed by atoms with Crippen LogP contribution in [-0.2, 0) is 9.59 Å². The molecule has 0 aliphatic carbocycles. The van der Waals surface area contributed by atoms with Gasteiger partial charge in [-0.15, -0.1) is 12.4 Å². The number of hydrogen-bond acceptors (Lipinski definition) is 2. The van der Waals surface area contributed by atoms with Gasteiger partial charge in [0.2, 0.25) is 3.23 Å². The predicted octanol–water partition coefficient (Wildman–Crippen LogP) is -0.135. The fraction of sp³-hybridized carbons (Fsp3) is 0.333. The average Bonchev–Trinajstić information content (AvgIpc) is 1.65. The Morgan fingerprint density at radius 2 is 1.30 bits per heavy atom. The zero-order valence-electron chi connectivity index (χ0n) is 4.64. The second-order valence-corrected chi connectivity index (χ2v) is 4.75. The predicted molar refractivity (Wildman–Crippen MR) is 46.2 cm³/mol. The first-order valence-electron chi connectivity index (χ1n) is 1.86. The van der Waals surface area contributed by atoms with E-state index in [2.05, 4.69) is 31.9 Å². The van der Waals surface area contributed by atoms with E-state index in [0.29, 0.717) is 0 Å². The molecule has 0 saturated carbocycles. The Bertz CT molecular complexity index is 145. The van der Waals surface area contributed by atoms with Crippen molar-refractivity contribution < 1.29 is 9.59 Å². The summed E-state index contributed by atoms with van der Waals surface area (Å²) in [6, 6.07) is 0. The molecule has 0 spiro atoms. The normalized spacial score (nSPS) is 9.80. The van der Waals surface area contributed by atoms with Crippen LogP contribution in [-0.4, -0.2) is 15.0 Å². The first-order chi connectivity index (χ1) is 3.89. The molecule has 4 N–H and O–H groups in total. The zero-order chi connectivity index (χ0) is 7.65. The van der Waals surface area contributed by atoms with Gasteiger partial charge in [-0.2, -0.15) is 0 Å². The second-order valence-electron chi connectivity index (χ2n) is 1.30. The van der Waals surface area contributed by atoms with Crippen LogP contribution in [0.5, 0.6) is 0 Å². The fourth-order valence-corrected chi connectivity index (χ4v) is 0.121. The Labute approximate surface area is 80.4 Å². The number of nitrogens with two attached hydrogens (primary N) is 2. The maximum atomic E-state index is 10.3. The maximum absolute atomic E-state index is 10.3. The number of hydrogen-bond donors (Lipinski definition) is 2. The van der Waals surface area contributed by atoms with Crippen LogP contribution in [0.1, 0.15) is 0 Å². The lowest BCUT2D eigenvalue weighted by Crippen LogP contribution is -2.43. The molecule has 2 amide bonds. The highest BCUT2D eigenvalue weighted by Gasteiger charge is 2.36. The highest BCUT2D eigenvalue weighted by molar-refractivity contribution is 9.26. The van der Waals surface area contributed by atoms with Gasteiger partial charge in [0.05, 0.1) is 0 Å². The summed E-state index contributed by atoms with van der Waals surface area (Å²) < 4.78 is -1.60. The molecular formula is C3H5Br2ClN2O2. The van der Waals surface area contributed by atoms with Gasteiger partial charge in [0, 0.05) is 0 Å². The summed E-state index contributed by atoms with van der Waals surface area (Å²) in [6.45, 7) is 0. The Morgan fingerprint density at radius 3 is 1.30 bits per heavy atom. The van der Waals surface area contributed by atoms with Crippen molar-refractivity contribution in [2.75, 3.05) is 0 Å². The molecule has 0 fully saturated rings. The molecule has 10 heavy (non-hydrogen) atoms. The van der Waals surface area contributed by atoms with Crippen molar-refractivity contribution >= 4 is 56.1 Å². The molecule has 0 heterocycles. The fourth-order valence-electron chi connectivity index (χ4n) is 0.121. The standard InChI is InChI=1S/C3H4Br2N2O2.ClH/c4-3(5,1(6)8)2(7)9;/h(H2,6,8)(H2,7,9);1H. The molecule has 60 valence electrons. The Balaban J connectivity index is 0. The van der Waals surface area contributed by atoms with Crippen molar-refractivity contribution in [3.05, 3.63) is 0 Å². The Kier molecular flexibility index (Phi) is 5.32. The van der Waals surface area contributed by atoms with Gasteiger partial charge in [0.15, 0.2) is 0 Å². The smallest absolute Gasteiger partial charge is 0.254 e. The first-order valence-corrected chi connectivity index (χ1v) is 3.45. The average molecular weight is 296 g/mol. The highest BCUT2D eigenvalue weighted by atomic mass is 79.9. The first kappa shape index (κ1) is 12.8. The molecule has 0 unspecified atom stereocenters. The van der Waals surface area contributed by atoms with Crippen molar-refractivity contribution in [3.8, 4) is 0 Å². The van der Waals surface area contributed by atoms with Gasteiger partial charge in [-0.1, -0.05) is 31.9 Å². The maximum Gasteiger partial charge on any atom is 0.254 e. The minimum Gasteiger partial charge on any atom is -0.367 e. The topological polar surface area (TPSA) is 86.2 Å². The number of rotatable bonds is 2. The van der Waals surface area contributed by atoms with E-state index >= 15 is 0 Å². The molecule has 0 saturated heterocycles. The number of alkyl halides is 2. The summed E-state index contributed by atoms with van der Waals surface area (Å²) in [7, 11) is 0. The van der Waals surface area contributed by atoms with Crippen molar-refractivity contribution in [2.45, 2.75) is 3.23 Å². The van der Waals surface area contributed by atoms with Gasteiger partial charge in [0.25, 0.3) is 11.8 Å². The van der Waals surface area contributed by atoms with Gasteiger partial charge in [0.1, 0.15) is 0 Å². The Morgan fingerprint density at radius 1 is 1.10 bits per heavy atom. The molecule has 0 aromatic heterocycles. The molecule has 0 aliphatic heterocycles. The lowest BCUT2D eigenvalue weighted by molar-refractivity contribution is -0.125. The van der Waals surface area contributed by atoms with Crippen molar-refractivity contribution in [1.29, 1.82) is 0 Å². The third-order valence-corrected chi connectivity index (χ3v) is 2.18. The number of carbonyl (C=O) groups excluding carboxylic acids is 2. The number of carbonyl (C=O) groups is 2. The largest absolute Gasteiger partial charge is 0.367 e. The number of halogens is 3. The van der Waals surface area contributed by atoms with Gasteiger partial charge < -0.3 is 11.5 Å². The molecule has 0 atom stereocenters. The van der Waals surface area contributed by atoms with Crippen LogP contribution in [0.3, 0.4) is 0 Å². The SMILES string of the molecule is Cl.NC(=O)C(Br)(Br)C(N)=O. The van der Waals surface area contributed by atoms with Gasteiger partial charge in [-0.3, -0.25) is 9.59 Å². The second kappa shape index (κ2) is 4.15. The van der Waals surface area contributed by atoms with E-state index in [1.54, 1.807) is 0 Å². The lowest BCUT2D eigenvalue weighted by Gasteiger charge is -2.09. The molecule has 0 radical (unpaired) electrons. The summed E-state index contributed by atoms with van der Waals surface area (Å²) in [5.74, 6) is -1.73. The number of amides is 2. The summed E-state index contributed by atoms with van der Waals surface area (Å²) in [4.78, 5) is 20.6. The summed E-state index contributed by atoms with van der Waals surface area (Å²) in [5.41, 5.74) is 9.48. The molecular weight excluding hydrogens is 291 g/mol. The molecule has 0 rings (SSSR count). The third kappa shape index (κ3) is 2.85. The van der Waals surface area contributed by atoms with Gasteiger partial charge >= 0.3 is 0 Å². The van der Waals surface area contributed by atoms with Crippen LogP contribution in [0.25, 0.3) is 0 Å². The van der Waals surface area contributed by atoms with Crippen LogP contribution in [0.4, 0.5) is 0 Å². The van der Waals surface area contributed by atoms with Crippen molar-refractivity contribution in [2.24, 2.45) is 11.5 Å². The van der Waals surface area contributed by atoms with Crippen LogP contribution in [0.2, 0.25) is 0 Å². The quantitative estimate of drug-likeness (QED) is 0.549. The van der Waals surface area contributed by atoms with E-state index in [4.69, 9.17) is 11.5 Å². The van der Waals surface area contributed by atoms with E-state index in [9.17, 15) is 9.59 Å². The summed E-state index contributed by atoms with van der Waals surface area (Å²) in [5, 5.41) is 0. The van der Waals surface area contributed by atoms with Gasteiger partial charge in [-0.05, 0) is 0 Å². The van der Waals surface area contributed by atoms with Crippen LogP contribution in [0.15, 0.2) is 0 Å². The van der Waals surface area contributed by atoms with E-state index in [1.165, 1.54) is 0 Å². The minimum atomic E-state index is -1.60. The van der Waals surface area contributed by atoms with E-state index in [0.717, 1.165) is 0 Å². The minimum absolute atomic E-state index is 0.